The molecule has 0 aliphatic carbocycles. The molecular formula is C17H18N4O3S. The van der Waals surface area contributed by atoms with Crippen LogP contribution in [0.5, 0.6) is 5.75 Å². The number of benzene rings is 1. The fourth-order valence-corrected chi connectivity index (χ4v) is 2.02. The molecule has 0 radical (unpaired) electrons. The summed E-state index contributed by atoms with van der Waals surface area (Å²) >= 11 is 4.94. The van der Waals surface area contributed by atoms with Crippen molar-refractivity contribution in [2.75, 3.05) is 6.61 Å². The number of thiocarbonyl (C=S) groups is 1. The second-order valence-electron chi connectivity index (χ2n) is 4.98. The van der Waals surface area contributed by atoms with E-state index in [2.05, 4.69) is 28.1 Å². The van der Waals surface area contributed by atoms with Gasteiger partial charge >= 0.3 is 0 Å². The number of nitrogens with one attached hydrogen (secondary N) is 3. The first-order chi connectivity index (χ1) is 12.1. The predicted molar refractivity (Wildman–Crippen MR) is 96.9 cm³/mol. The zero-order valence-electron chi connectivity index (χ0n) is 13.6. The first-order valence-electron chi connectivity index (χ1n) is 7.60. The smallest absolute Gasteiger partial charge is 0.269 e. The van der Waals surface area contributed by atoms with Gasteiger partial charge in [-0.05, 0) is 48.5 Å². The monoisotopic (exact) mass is 358 g/mol. The largest absolute Gasteiger partial charge is 0.484 e. The van der Waals surface area contributed by atoms with E-state index in [0.717, 1.165) is 6.42 Å². The van der Waals surface area contributed by atoms with E-state index in [1.54, 1.807) is 24.3 Å². The highest BCUT2D eigenvalue weighted by atomic mass is 32.1. The number of aryl methyl sites for hydroxylation is 1. The molecule has 7 nitrogen and oxygen atoms in total. The van der Waals surface area contributed by atoms with Crippen LogP contribution >= 0.6 is 12.2 Å². The molecule has 1 aromatic heterocycles. The highest BCUT2D eigenvalue weighted by Gasteiger charge is 2.08. The quantitative estimate of drug-likeness (QED) is 0.552. The van der Waals surface area contributed by atoms with Gasteiger partial charge in [0.05, 0.1) is 0 Å². The van der Waals surface area contributed by atoms with E-state index in [1.807, 2.05) is 12.1 Å². The summed E-state index contributed by atoms with van der Waals surface area (Å²) in [5.74, 6) is -0.237. The maximum absolute atomic E-state index is 11.8. The van der Waals surface area contributed by atoms with Crippen molar-refractivity contribution in [3.8, 4) is 5.75 Å². The molecule has 0 bridgehead atoms. The minimum atomic E-state index is -0.435. The first-order valence-corrected chi connectivity index (χ1v) is 8.01. The summed E-state index contributed by atoms with van der Waals surface area (Å²) in [6.07, 6.45) is 3.94. The first kappa shape index (κ1) is 18.3. The number of hydrazine groups is 1. The van der Waals surface area contributed by atoms with Crippen molar-refractivity contribution < 1.29 is 14.3 Å². The molecule has 0 spiro atoms. The predicted octanol–water partition coefficient (Wildman–Crippen LogP) is 1.36. The number of hydrogen-bond donors (Lipinski definition) is 3. The molecule has 1 heterocycles. The number of aromatic nitrogens is 1. The van der Waals surface area contributed by atoms with E-state index < -0.39 is 11.8 Å². The van der Waals surface area contributed by atoms with Gasteiger partial charge in [-0.15, -0.1) is 0 Å². The lowest BCUT2D eigenvalue weighted by atomic mass is 10.2. The molecule has 1 aromatic carbocycles. The minimum absolute atomic E-state index is 0.0302. The van der Waals surface area contributed by atoms with Gasteiger partial charge in [0.2, 0.25) is 0 Å². The van der Waals surface area contributed by atoms with E-state index in [-0.39, 0.29) is 11.7 Å². The van der Waals surface area contributed by atoms with Crippen molar-refractivity contribution in [1.29, 1.82) is 0 Å². The lowest BCUT2D eigenvalue weighted by molar-refractivity contribution is -0.121. The maximum Gasteiger partial charge on any atom is 0.269 e. The van der Waals surface area contributed by atoms with Gasteiger partial charge in [0.25, 0.3) is 11.8 Å². The van der Waals surface area contributed by atoms with E-state index in [0.29, 0.717) is 11.3 Å². The second-order valence-corrected chi connectivity index (χ2v) is 5.39. The molecule has 0 aliphatic rings. The van der Waals surface area contributed by atoms with E-state index in [9.17, 15) is 9.59 Å². The van der Waals surface area contributed by atoms with Crippen molar-refractivity contribution in [1.82, 2.24) is 21.2 Å². The average molecular weight is 358 g/mol. The summed E-state index contributed by atoms with van der Waals surface area (Å²) in [6, 6.07) is 10.6. The topological polar surface area (TPSA) is 92.4 Å². The number of ether oxygens (including phenoxy) is 1. The summed E-state index contributed by atoms with van der Waals surface area (Å²) in [5.41, 5.74) is 6.43. The van der Waals surface area contributed by atoms with Gasteiger partial charge in [0.1, 0.15) is 5.75 Å². The zero-order valence-corrected chi connectivity index (χ0v) is 14.4. The van der Waals surface area contributed by atoms with E-state index in [4.69, 9.17) is 17.0 Å². The number of rotatable bonds is 5. The fraction of sp³-hybridized carbons (Fsp3) is 0.176. The number of amides is 2. The van der Waals surface area contributed by atoms with Crippen molar-refractivity contribution in [3.05, 3.63) is 59.9 Å². The van der Waals surface area contributed by atoms with Crippen LogP contribution in [0.4, 0.5) is 0 Å². The van der Waals surface area contributed by atoms with Crippen LogP contribution in [0, 0.1) is 0 Å². The molecule has 2 amide bonds. The molecular weight excluding hydrogens is 340 g/mol. The molecule has 8 heteroatoms. The van der Waals surface area contributed by atoms with Gasteiger partial charge in [-0.3, -0.25) is 30.7 Å². The molecule has 25 heavy (non-hydrogen) atoms. The molecule has 0 unspecified atom stereocenters. The number of hydrogen-bond acceptors (Lipinski definition) is 5. The van der Waals surface area contributed by atoms with Crippen LogP contribution in [-0.2, 0) is 11.2 Å². The third-order valence-electron chi connectivity index (χ3n) is 3.19. The van der Waals surface area contributed by atoms with Gasteiger partial charge < -0.3 is 4.74 Å². The van der Waals surface area contributed by atoms with E-state index in [1.165, 1.54) is 18.0 Å². The highest BCUT2D eigenvalue weighted by molar-refractivity contribution is 7.80. The fourth-order valence-electron chi connectivity index (χ4n) is 1.85. The molecule has 0 saturated carbocycles. The van der Waals surface area contributed by atoms with Crippen LogP contribution < -0.4 is 20.9 Å². The van der Waals surface area contributed by atoms with Gasteiger partial charge in [-0.25, -0.2) is 0 Å². The SMILES string of the molecule is CCc1ccc(OCC(=O)NC(=S)NNC(=O)c2ccncc2)cc1. The Hall–Kier alpha value is -3.00. The van der Waals surface area contributed by atoms with Crippen molar-refractivity contribution >= 4 is 29.1 Å². The Morgan fingerprint density at radius 3 is 2.40 bits per heavy atom. The summed E-state index contributed by atoms with van der Waals surface area (Å²) in [4.78, 5) is 27.4. The molecule has 0 aliphatic heterocycles. The number of carbonyl (C=O) groups excluding carboxylic acids is 2. The Morgan fingerprint density at radius 2 is 1.76 bits per heavy atom. The molecule has 2 rings (SSSR count). The molecule has 0 fully saturated rings. The molecule has 0 saturated heterocycles. The lowest BCUT2D eigenvalue weighted by Gasteiger charge is -2.11. The van der Waals surface area contributed by atoms with Crippen LogP contribution in [0.15, 0.2) is 48.8 Å². The van der Waals surface area contributed by atoms with Crippen LogP contribution in [0.1, 0.15) is 22.8 Å². The van der Waals surface area contributed by atoms with Crippen LogP contribution in [-0.4, -0.2) is 28.5 Å². The zero-order chi connectivity index (χ0) is 18.1. The normalized spacial score (nSPS) is 9.80. The van der Waals surface area contributed by atoms with Crippen LogP contribution in [0.2, 0.25) is 0 Å². The van der Waals surface area contributed by atoms with Gasteiger partial charge in [-0.2, -0.15) is 0 Å². The van der Waals surface area contributed by atoms with Crippen LogP contribution in [0.25, 0.3) is 0 Å². The van der Waals surface area contributed by atoms with Gasteiger partial charge in [0.15, 0.2) is 11.7 Å². The number of nitrogens with zero attached hydrogens (tertiary/aromatic N) is 1. The van der Waals surface area contributed by atoms with Crippen molar-refractivity contribution in [2.24, 2.45) is 0 Å². The average Bonchev–Trinajstić information content (AvgIpc) is 2.65. The van der Waals surface area contributed by atoms with E-state index >= 15 is 0 Å². The Bertz CT molecular complexity index is 735. The Labute approximate surface area is 150 Å². The Morgan fingerprint density at radius 1 is 1.08 bits per heavy atom. The minimum Gasteiger partial charge on any atom is -0.484 e. The standard InChI is InChI=1S/C17H18N4O3S/c1-2-12-3-5-14(6-4-12)24-11-15(22)19-17(25)21-20-16(23)13-7-9-18-10-8-13/h3-10H,2,11H2,1H3,(H,20,23)(H2,19,21,22,25). The second kappa shape index (κ2) is 9.33. The van der Waals surface area contributed by atoms with Gasteiger partial charge in [0, 0.05) is 18.0 Å². The maximum atomic E-state index is 11.8. The van der Waals surface area contributed by atoms with Crippen LogP contribution in [0.3, 0.4) is 0 Å². The third kappa shape index (κ3) is 6.19. The van der Waals surface area contributed by atoms with Crippen molar-refractivity contribution in [2.45, 2.75) is 13.3 Å². The van der Waals surface area contributed by atoms with Crippen molar-refractivity contribution in [3.63, 3.8) is 0 Å². The molecule has 2 aromatic rings. The van der Waals surface area contributed by atoms with Gasteiger partial charge in [-0.1, -0.05) is 19.1 Å². The highest BCUT2D eigenvalue weighted by Crippen LogP contribution is 2.12. The number of carbonyl (C=O) groups is 2. The Kier molecular flexibility index (Phi) is 6.85. The summed E-state index contributed by atoms with van der Waals surface area (Å²) in [5, 5.41) is 2.38. The summed E-state index contributed by atoms with van der Waals surface area (Å²) in [7, 11) is 0. The molecule has 130 valence electrons. The third-order valence-corrected chi connectivity index (χ3v) is 3.39. The molecule has 0 atom stereocenters. The Balaban J connectivity index is 1.70. The summed E-state index contributed by atoms with van der Waals surface area (Å²) in [6.45, 7) is 1.87. The number of pyridine rings is 1. The lowest BCUT2D eigenvalue weighted by Crippen LogP contribution is -2.49. The summed E-state index contributed by atoms with van der Waals surface area (Å²) < 4.78 is 5.37. The molecule has 3 N–H and O–H groups in total.